The fraction of sp³-hybridized carbons (Fsp3) is 1.00. The Morgan fingerprint density at radius 1 is 1.00 bits per heavy atom. The number of hydrogen-bond acceptors (Lipinski definition) is 2. The monoisotopic (exact) mass is 331 g/mol. The molecule has 0 aromatic carbocycles. The molecule has 0 spiro atoms. The summed E-state index contributed by atoms with van der Waals surface area (Å²) >= 11 is 0. The molecule has 0 aliphatic carbocycles. The minimum atomic E-state index is -1.24. The first-order chi connectivity index (χ1) is 9.66. The average molecular weight is 332 g/mol. The molecule has 1 saturated heterocycles. The minimum Gasteiger partial charge on any atom is -0.417 e. The second-order valence-corrected chi connectivity index (χ2v) is 23.1. The Morgan fingerprint density at radius 3 is 1.81 bits per heavy atom. The van der Waals surface area contributed by atoms with Crippen LogP contribution in [0.4, 0.5) is 0 Å². The standard InChI is InChI=1S/C9H21N.C8H20OSi2/c1-4-6-8-10(3)9-7-5-2;1-8-6-7-10(2,3)11(4,5)9-8/h4-9H2,1-3H3;8H,6-7H2,1-5H3. The van der Waals surface area contributed by atoms with Gasteiger partial charge >= 0.3 is 0 Å². The van der Waals surface area contributed by atoms with Crippen LogP contribution in [0.25, 0.3) is 0 Å². The molecule has 0 amide bonds. The van der Waals surface area contributed by atoms with E-state index in [-0.39, 0.29) is 0 Å². The Labute approximate surface area is 136 Å². The molecule has 1 unspecified atom stereocenters. The molecule has 0 aromatic heterocycles. The van der Waals surface area contributed by atoms with Gasteiger partial charge in [-0.3, -0.25) is 0 Å². The van der Waals surface area contributed by atoms with Crippen LogP contribution in [-0.2, 0) is 4.43 Å². The highest BCUT2D eigenvalue weighted by molar-refractivity contribution is 7.38. The molecule has 1 fully saturated rings. The number of hydrogen-bond donors (Lipinski definition) is 0. The van der Waals surface area contributed by atoms with Crippen LogP contribution in [0.5, 0.6) is 0 Å². The highest BCUT2D eigenvalue weighted by Crippen LogP contribution is 2.32. The van der Waals surface area contributed by atoms with Crippen LogP contribution in [-0.4, -0.2) is 46.6 Å². The molecular weight excluding hydrogens is 290 g/mol. The van der Waals surface area contributed by atoms with Crippen LogP contribution in [0.1, 0.15) is 52.9 Å². The molecule has 2 nitrogen and oxygen atoms in total. The maximum Gasteiger partial charge on any atom is 0.174 e. The zero-order valence-electron chi connectivity index (χ0n) is 16.1. The van der Waals surface area contributed by atoms with Crippen LogP contribution >= 0.6 is 0 Å². The molecule has 0 saturated carbocycles. The number of unbranched alkanes of at least 4 members (excludes halogenated alkanes) is 2. The summed E-state index contributed by atoms with van der Waals surface area (Å²) in [5, 5.41) is 0. The van der Waals surface area contributed by atoms with Gasteiger partial charge in [0.05, 0.1) is 7.59 Å². The van der Waals surface area contributed by atoms with E-state index in [1.54, 1.807) is 0 Å². The summed E-state index contributed by atoms with van der Waals surface area (Å²) < 4.78 is 6.09. The summed E-state index contributed by atoms with van der Waals surface area (Å²) in [6.45, 7) is 19.0. The van der Waals surface area contributed by atoms with Crippen molar-refractivity contribution >= 4 is 15.4 Å². The van der Waals surface area contributed by atoms with Crippen molar-refractivity contribution in [1.82, 2.24) is 4.90 Å². The van der Waals surface area contributed by atoms with E-state index in [9.17, 15) is 0 Å². The van der Waals surface area contributed by atoms with Gasteiger partial charge in [0.2, 0.25) is 0 Å². The summed E-state index contributed by atoms with van der Waals surface area (Å²) in [4.78, 5) is 2.42. The van der Waals surface area contributed by atoms with E-state index in [4.69, 9.17) is 4.43 Å². The molecule has 1 aliphatic rings. The smallest absolute Gasteiger partial charge is 0.174 e. The van der Waals surface area contributed by atoms with Gasteiger partial charge in [-0.2, -0.15) is 0 Å². The zero-order valence-corrected chi connectivity index (χ0v) is 18.1. The highest BCUT2D eigenvalue weighted by atomic mass is 29.3. The van der Waals surface area contributed by atoms with E-state index in [1.807, 2.05) is 0 Å². The summed E-state index contributed by atoms with van der Waals surface area (Å²) in [5.74, 6) is 0. The van der Waals surface area contributed by atoms with Crippen molar-refractivity contribution in [2.75, 3.05) is 20.1 Å². The Balaban J connectivity index is 0.000000384. The summed E-state index contributed by atoms with van der Waals surface area (Å²) in [7, 11) is 0.0281. The van der Waals surface area contributed by atoms with E-state index in [0.717, 1.165) is 0 Å². The predicted octanol–water partition coefficient (Wildman–Crippen LogP) is 5.31. The van der Waals surface area contributed by atoms with Crippen molar-refractivity contribution in [1.29, 1.82) is 0 Å². The van der Waals surface area contributed by atoms with Crippen LogP contribution in [0.2, 0.25) is 32.2 Å². The van der Waals surface area contributed by atoms with Gasteiger partial charge < -0.3 is 9.33 Å². The quantitative estimate of drug-likeness (QED) is 0.612. The maximum atomic E-state index is 6.09. The lowest BCUT2D eigenvalue weighted by molar-refractivity contribution is 0.206. The number of nitrogens with zero attached hydrogens (tertiary/aromatic N) is 1. The Kier molecular flexibility index (Phi) is 10.4. The maximum absolute atomic E-state index is 6.09. The van der Waals surface area contributed by atoms with Gasteiger partial charge in [0.15, 0.2) is 7.83 Å². The molecule has 0 radical (unpaired) electrons. The topological polar surface area (TPSA) is 12.5 Å². The lowest BCUT2D eigenvalue weighted by Crippen LogP contribution is -2.61. The van der Waals surface area contributed by atoms with E-state index in [1.165, 1.54) is 51.2 Å². The number of rotatable bonds is 6. The Bertz CT molecular complexity index is 262. The Morgan fingerprint density at radius 2 is 1.48 bits per heavy atom. The van der Waals surface area contributed by atoms with E-state index in [0.29, 0.717) is 6.10 Å². The van der Waals surface area contributed by atoms with Crippen molar-refractivity contribution in [3.63, 3.8) is 0 Å². The van der Waals surface area contributed by atoms with Gasteiger partial charge in [-0.1, -0.05) is 45.8 Å². The second kappa shape index (κ2) is 10.2. The first kappa shape index (κ1) is 21.4. The average Bonchev–Trinajstić information content (AvgIpc) is 2.39. The van der Waals surface area contributed by atoms with Gasteiger partial charge in [0.1, 0.15) is 0 Å². The first-order valence-corrected chi connectivity index (χ1v) is 16.1. The SMILES string of the molecule is CC1CC[Si](C)(C)[Si](C)(C)O1.CCCCN(C)CCCC. The van der Waals surface area contributed by atoms with E-state index >= 15 is 0 Å². The molecule has 0 aromatic rings. The fourth-order valence-electron chi connectivity index (χ4n) is 2.55. The fourth-order valence-corrected chi connectivity index (χ4v) is 9.53. The summed E-state index contributed by atoms with van der Waals surface area (Å²) in [6.07, 6.45) is 7.17. The third kappa shape index (κ3) is 8.53. The van der Waals surface area contributed by atoms with Crippen LogP contribution in [0.15, 0.2) is 0 Å². The zero-order chi connectivity index (χ0) is 16.5. The van der Waals surface area contributed by atoms with E-state index in [2.05, 4.69) is 58.9 Å². The predicted molar refractivity (Wildman–Crippen MR) is 102 cm³/mol. The molecule has 1 heterocycles. The molecule has 4 heteroatoms. The van der Waals surface area contributed by atoms with Crippen LogP contribution < -0.4 is 0 Å². The summed E-state index contributed by atoms with van der Waals surface area (Å²) in [5.41, 5.74) is 0. The van der Waals surface area contributed by atoms with Crippen molar-refractivity contribution in [3.8, 4) is 0 Å². The molecule has 1 atom stereocenters. The van der Waals surface area contributed by atoms with Gasteiger partial charge in [-0.05, 0) is 59.4 Å². The molecule has 128 valence electrons. The summed E-state index contributed by atoms with van der Waals surface area (Å²) in [6, 6.07) is 1.48. The molecular formula is C17H41NOSi2. The van der Waals surface area contributed by atoms with Crippen molar-refractivity contribution in [3.05, 3.63) is 0 Å². The second-order valence-electron chi connectivity index (χ2n) is 7.87. The van der Waals surface area contributed by atoms with Crippen molar-refractivity contribution < 1.29 is 4.43 Å². The molecule has 1 rings (SSSR count). The largest absolute Gasteiger partial charge is 0.417 e. The van der Waals surface area contributed by atoms with E-state index < -0.39 is 15.4 Å². The molecule has 1 aliphatic heterocycles. The van der Waals surface area contributed by atoms with Crippen LogP contribution in [0, 0.1) is 0 Å². The molecule has 21 heavy (non-hydrogen) atoms. The third-order valence-electron chi connectivity index (χ3n) is 5.09. The first-order valence-electron chi connectivity index (χ1n) is 9.02. The molecule has 0 N–H and O–H groups in total. The lowest BCUT2D eigenvalue weighted by atomic mass is 10.3. The van der Waals surface area contributed by atoms with Crippen LogP contribution in [0.3, 0.4) is 0 Å². The van der Waals surface area contributed by atoms with Gasteiger partial charge in [0, 0.05) is 6.10 Å². The highest BCUT2D eigenvalue weighted by Gasteiger charge is 2.46. The molecule has 0 bridgehead atoms. The van der Waals surface area contributed by atoms with Gasteiger partial charge in [0.25, 0.3) is 0 Å². The lowest BCUT2D eigenvalue weighted by Gasteiger charge is -2.44. The Hall–Kier alpha value is 0.354. The van der Waals surface area contributed by atoms with Crippen molar-refractivity contribution in [2.45, 2.75) is 91.2 Å². The van der Waals surface area contributed by atoms with Gasteiger partial charge in [-0.25, -0.2) is 0 Å². The normalized spacial score (nSPS) is 23.6. The third-order valence-corrected chi connectivity index (χ3v) is 21.8. The van der Waals surface area contributed by atoms with Gasteiger partial charge in [-0.15, -0.1) is 0 Å². The van der Waals surface area contributed by atoms with Crippen molar-refractivity contribution in [2.24, 2.45) is 0 Å². The minimum absolute atomic E-state index is 0.539.